The molecule has 1 aromatic carbocycles. The zero-order valence-electron chi connectivity index (χ0n) is 14.9. The molecule has 0 spiro atoms. The van der Waals surface area contributed by atoms with E-state index in [-0.39, 0.29) is 31.1 Å². The fraction of sp³-hybridized carbons (Fsp3) is 0.400. The number of ether oxygens (including phenoxy) is 1. The SMILES string of the molecule is C[C@H](CCc1ccccc1)NC(=O)[C@H]1COCC(=O)N1Cc1cccs1. The molecule has 1 N–H and O–H groups in total. The average molecular weight is 372 g/mol. The number of benzene rings is 1. The zero-order chi connectivity index (χ0) is 18.4. The van der Waals surface area contributed by atoms with Crippen molar-refractivity contribution in [3.05, 3.63) is 58.3 Å². The molecule has 1 aliphatic rings. The molecule has 1 saturated heterocycles. The van der Waals surface area contributed by atoms with Gasteiger partial charge >= 0.3 is 0 Å². The standard InChI is InChI=1S/C20H24N2O3S/c1-15(9-10-16-6-3-2-4-7-16)21-20(24)18-13-25-14-19(23)22(18)12-17-8-5-11-26-17/h2-8,11,15,18H,9-10,12-14H2,1H3,(H,21,24)/t15-,18-/m1/s1. The Morgan fingerprint density at radius 1 is 1.31 bits per heavy atom. The van der Waals surface area contributed by atoms with Crippen LogP contribution in [-0.4, -0.2) is 42.0 Å². The van der Waals surface area contributed by atoms with Crippen LogP contribution in [0.4, 0.5) is 0 Å². The second kappa shape index (κ2) is 8.96. The molecule has 3 rings (SSSR count). The Morgan fingerprint density at radius 2 is 2.12 bits per heavy atom. The van der Waals surface area contributed by atoms with E-state index in [1.807, 2.05) is 42.6 Å². The maximum Gasteiger partial charge on any atom is 0.249 e. The molecule has 2 heterocycles. The number of aryl methyl sites for hydroxylation is 1. The van der Waals surface area contributed by atoms with E-state index in [1.54, 1.807) is 16.2 Å². The van der Waals surface area contributed by atoms with Gasteiger partial charge in [0, 0.05) is 10.9 Å². The summed E-state index contributed by atoms with van der Waals surface area (Å²) in [5.74, 6) is -0.281. The highest BCUT2D eigenvalue weighted by molar-refractivity contribution is 7.09. The summed E-state index contributed by atoms with van der Waals surface area (Å²) in [5, 5.41) is 5.01. The Labute approximate surface area is 158 Å². The zero-order valence-corrected chi connectivity index (χ0v) is 15.7. The first-order valence-electron chi connectivity index (χ1n) is 8.87. The van der Waals surface area contributed by atoms with Crippen LogP contribution in [-0.2, 0) is 27.3 Å². The Kier molecular flexibility index (Phi) is 6.41. The lowest BCUT2D eigenvalue weighted by atomic mass is 10.1. The van der Waals surface area contributed by atoms with E-state index >= 15 is 0 Å². The van der Waals surface area contributed by atoms with Crippen LogP contribution >= 0.6 is 11.3 Å². The van der Waals surface area contributed by atoms with Crippen molar-refractivity contribution in [3.8, 4) is 0 Å². The molecule has 0 aliphatic carbocycles. The van der Waals surface area contributed by atoms with Crippen LogP contribution in [0, 0.1) is 0 Å². The van der Waals surface area contributed by atoms with Gasteiger partial charge in [-0.25, -0.2) is 0 Å². The fourth-order valence-corrected chi connectivity index (χ4v) is 3.73. The number of nitrogens with zero attached hydrogens (tertiary/aromatic N) is 1. The third kappa shape index (κ3) is 4.93. The molecule has 0 radical (unpaired) electrons. The van der Waals surface area contributed by atoms with Gasteiger partial charge in [0.25, 0.3) is 0 Å². The topological polar surface area (TPSA) is 58.6 Å². The first-order chi connectivity index (χ1) is 12.6. The highest BCUT2D eigenvalue weighted by Crippen LogP contribution is 2.17. The van der Waals surface area contributed by atoms with Gasteiger partial charge in [-0.15, -0.1) is 11.3 Å². The number of carbonyl (C=O) groups excluding carboxylic acids is 2. The maximum atomic E-state index is 12.7. The van der Waals surface area contributed by atoms with Crippen LogP contribution in [0.15, 0.2) is 47.8 Å². The quantitative estimate of drug-likeness (QED) is 0.813. The van der Waals surface area contributed by atoms with Gasteiger partial charge in [0.15, 0.2) is 0 Å². The molecule has 1 aliphatic heterocycles. The summed E-state index contributed by atoms with van der Waals surface area (Å²) in [7, 11) is 0. The molecule has 6 heteroatoms. The number of hydrogen-bond acceptors (Lipinski definition) is 4. The van der Waals surface area contributed by atoms with Gasteiger partial charge in [0.1, 0.15) is 12.6 Å². The minimum absolute atomic E-state index is 0.0309. The molecule has 2 amide bonds. The summed E-state index contributed by atoms with van der Waals surface area (Å²) in [6.45, 7) is 2.74. The molecule has 5 nitrogen and oxygen atoms in total. The highest BCUT2D eigenvalue weighted by Gasteiger charge is 2.34. The summed E-state index contributed by atoms with van der Waals surface area (Å²) >= 11 is 1.59. The summed E-state index contributed by atoms with van der Waals surface area (Å²) in [4.78, 5) is 27.7. The smallest absolute Gasteiger partial charge is 0.249 e. The minimum atomic E-state index is -0.572. The van der Waals surface area contributed by atoms with Crippen LogP contribution in [0.3, 0.4) is 0 Å². The lowest BCUT2D eigenvalue weighted by Gasteiger charge is -2.34. The Balaban J connectivity index is 1.56. The van der Waals surface area contributed by atoms with Gasteiger partial charge in [-0.2, -0.15) is 0 Å². The number of morpholine rings is 1. The molecular weight excluding hydrogens is 348 g/mol. The summed E-state index contributed by atoms with van der Waals surface area (Å²) < 4.78 is 5.33. The Morgan fingerprint density at radius 3 is 2.85 bits per heavy atom. The lowest BCUT2D eigenvalue weighted by molar-refractivity contribution is -0.155. The average Bonchev–Trinajstić information content (AvgIpc) is 3.15. The third-order valence-corrected chi connectivity index (χ3v) is 5.37. The molecule has 26 heavy (non-hydrogen) atoms. The number of thiophene rings is 1. The van der Waals surface area contributed by atoms with Gasteiger partial charge in [-0.05, 0) is 36.8 Å². The fourth-order valence-electron chi connectivity index (χ4n) is 3.03. The minimum Gasteiger partial charge on any atom is -0.369 e. The van der Waals surface area contributed by atoms with Gasteiger partial charge in [0.05, 0.1) is 13.2 Å². The van der Waals surface area contributed by atoms with E-state index in [9.17, 15) is 9.59 Å². The normalized spacial score (nSPS) is 18.6. The van der Waals surface area contributed by atoms with Crippen molar-refractivity contribution in [2.45, 2.75) is 38.4 Å². The first-order valence-corrected chi connectivity index (χ1v) is 9.75. The molecule has 0 bridgehead atoms. The molecule has 2 atom stereocenters. The molecular formula is C20H24N2O3S. The molecule has 2 aromatic rings. The Hall–Kier alpha value is -2.18. The molecule has 0 unspecified atom stereocenters. The van der Waals surface area contributed by atoms with Gasteiger partial charge in [-0.1, -0.05) is 36.4 Å². The van der Waals surface area contributed by atoms with Gasteiger partial charge in [0.2, 0.25) is 11.8 Å². The van der Waals surface area contributed by atoms with Crippen molar-refractivity contribution in [1.82, 2.24) is 10.2 Å². The van der Waals surface area contributed by atoms with Crippen molar-refractivity contribution in [2.24, 2.45) is 0 Å². The van der Waals surface area contributed by atoms with Gasteiger partial charge in [-0.3, -0.25) is 9.59 Å². The number of hydrogen-bond donors (Lipinski definition) is 1. The number of rotatable bonds is 7. The lowest BCUT2D eigenvalue weighted by Crippen LogP contribution is -2.57. The molecule has 138 valence electrons. The number of carbonyl (C=O) groups is 2. The van der Waals surface area contributed by atoms with Crippen molar-refractivity contribution in [3.63, 3.8) is 0 Å². The summed E-state index contributed by atoms with van der Waals surface area (Å²) in [6.07, 6.45) is 1.75. The molecule has 1 fully saturated rings. The van der Waals surface area contributed by atoms with E-state index in [2.05, 4.69) is 17.4 Å². The van der Waals surface area contributed by atoms with Crippen LogP contribution in [0.2, 0.25) is 0 Å². The van der Waals surface area contributed by atoms with Crippen LogP contribution in [0.5, 0.6) is 0 Å². The van der Waals surface area contributed by atoms with E-state index in [0.717, 1.165) is 17.7 Å². The van der Waals surface area contributed by atoms with Crippen molar-refractivity contribution in [1.29, 1.82) is 0 Å². The molecule has 1 aromatic heterocycles. The monoisotopic (exact) mass is 372 g/mol. The van der Waals surface area contributed by atoms with Crippen molar-refractivity contribution in [2.75, 3.05) is 13.2 Å². The summed E-state index contributed by atoms with van der Waals surface area (Å²) in [6, 6.07) is 13.6. The number of nitrogens with one attached hydrogen (secondary N) is 1. The van der Waals surface area contributed by atoms with E-state index < -0.39 is 6.04 Å². The summed E-state index contributed by atoms with van der Waals surface area (Å²) in [5.41, 5.74) is 1.25. The molecule has 0 saturated carbocycles. The second-order valence-corrected chi connectivity index (χ2v) is 7.60. The largest absolute Gasteiger partial charge is 0.369 e. The predicted octanol–water partition coefficient (Wildman–Crippen LogP) is 2.61. The third-order valence-electron chi connectivity index (χ3n) is 4.50. The van der Waals surface area contributed by atoms with Crippen LogP contribution in [0.25, 0.3) is 0 Å². The highest BCUT2D eigenvalue weighted by atomic mass is 32.1. The second-order valence-electron chi connectivity index (χ2n) is 6.57. The maximum absolute atomic E-state index is 12.7. The first kappa shape index (κ1) is 18.6. The Bertz CT molecular complexity index is 718. The predicted molar refractivity (Wildman–Crippen MR) is 102 cm³/mol. The van der Waals surface area contributed by atoms with E-state index in [0.29, 0.717) is 6.54 Å². The van der Waals surface area contributed by atoms with E-state index in [1.165, 1.54) is 5.56 Å². The van der Waals surface area contributed by atoms with Gasteiger partial charge < -0.3 is 15.0 Å². The van der Waals surface area contributed by atoms with Crippen LogP contribution in [0.1, 0.15) is 23.8 Å². The van der Waals surface area contributed by atoms with Crippen molar-refractivity contribution < 1.29 is 14.3 Å². The van der Waals surface area contributed by atoms with E-state index in [4.69, 9.17) is 4.74 Å². The number of amides is 2. The van der Waals surface area contributed by atoms with Crippen LogP contribution < -0.4 is 5.32 Å². The van der Waals surface area contributed by atoms with Crippen molar-refractivity contribution >= 4 is 23.2 Å².